The average molecular weight is 362 g/mol. The van der Waals surface area contributed by atoms with Crippen LogP contribution in [0.15, 0.2) is 52.1 Å². The first-order valence-corrected chi connectivity index (χ1v) is 10.2. The summed E-state index contributed by atoms with van der Waals surface area (Å²) in [4.78, 5) is 14.3. The predicted octanol–water partition coefficient (Wildman–Crippen LogP) is 2.57. The number of hydrogen-bond donors (Lipinski definition) is 0. The molecule has 1 aromatic carbocycles. The average Bonchev–Trinajstić information content (AvgIpc) is 3.30. The standard InChI is InChI=1S/C17H18N2O3S2/c20-15-11-17(13-19(15)14-5-2-1-3-6-14)8-9-18(12-17)24(21,22)16-7-4-10-23-16/h1-7,10H,8-9,11-13H2/t17-/m0/s1. The van der Waals surface area contributed by atoms with Crippen LogP contribution in [0.1, 0.15) is 12.8 Å². The van der Waals surface area contributed by atoms with Gasteiger partial charge in [-0.3, -0.25) is 4.79 Å². The molecule has 0 radical (unpaired) electrons. The van der Waals surface area contributed by atoms with Crippen LogP contribution in [0, 0.1) is 5.41 Å². The lowest BCUT2D eigenvalue weighted by atomic mass is 9.86. The monoisotopic (exact) mass is 362 g/mol. The Morgan fingerprint density at radius 1 is 1.04 bits per heavy atom. The summed E-state index contributed by atoms with van der Waals surface area (Å²) in [5, 5.41) is 1.77. The molecular weight excluding hydrogens is 344 g/mol. The van der Waals surface area contributed by atoms with Gasteiger partial charge in [-0.15, -0.1) is 11.3 Å². The van der Waals surface area contributed by atoms with Gasteiger partial charge in [-0.2, -0.15) is 4.31 Å². The van der Waals surface area contributed by atoms with Gasteiger partial charge in [-0.05, 0) is 30.0 Å². The van der Waals surface area contributed by atoms with Crippen molar-refractivity contribution in [2.24, 2.45) is 5.41 Å². The van der Waals surface area contributed by atoms with Gasteiger partial charge >= 0.3 is 0 Å². The highest BCUT2D eigenvalue weighted by molar-refractivity contribution is 7.91. The second-order valence-corrected chi connectivity index (χ2v) is 9.63. The highest BCUT2D eigenvalue weighted by Crippen LogP contribution is 2.43. The molecule has 0 N–H and O–H groups in total. The Balaban J connectivity index is 1.56. The van der Waals surface area contributed by atoms with Gasteiger partial charge in [-0.1, -0.05) is 24.3 Å². The summed E-state index contributed by atoms with van der Waals surface area (Å²) in [7, 11) is -3.44. The smallest absolute Gasteiger partial charge is 0.252 e. The number of hydrogen-bond acceptors (Lipinski definition) is 4. The van der Waals surface area contributed by atoms with E-state index in [-0.39, 0.29) is 11.3 Å². The summed E-state index contributed by atoms with van der Waals surface area (Å²) in [6.45, 7) is 1.49. The summed E-state index contributed by atoms with van der Waals surface area (Å²) >= 11 is 1.24. The molecule has 0 aliphatic carbocycles. The van der Waals surface area contributed by atoms with Crippen LogP contribution in [-0.2, 0) is 14.8 Å². The number of thiophene rings is 1. The molecule has 24 heavy (non-hydrogen) atoms. The molecule has 2 aliphatic rings. The number of sulfonamides is 1. The van der Waals surface area contributed by atoms with Crippen molar-refractivity contribution in [1.29, 1.82) is 0 Å². The fourth-order valence-corrected chi connectivity index (χ4v) is 6.35. The molecule has 2 aliphatic heterocycles. The number of anilines is 1. The summed E-state index contributed by atoms with van der Waals surface area (Å²) in [6.07, 6.45) is 1.14. The Morgan fingerprint density at radius 2 is 1.83 bits per heavy atom. The van der Waals surface area contributed by atoms with E-state index in [1.807, 2.05) is 30.3 Å². The number of carbonyl (C=O) groups excluding carboxylic acids is 1. The van der Waals surface area contributed by atoms with Crippen molar-refractivity contribution in [3.8, 4) is 0 Å². The van der Waals surface area contributed by atoms with E-state index in [0.717, 1.165) is 12.1 Å². The zero-order valence-corrected chi connectivity index (χ0v) is 14.7. The minimum atomic E-state index is -3.44. The van der Waals surface area contributed by atoms with E-state index in [4.69, 9.17) is 0 Å². The predicted molar refractivity (Wildman–Crippen MR) is 93.5 cm³/mol. The molecule has 1 aromatic heterocycles. The Labute approximate surface area is 145 Å². The quantitative estimate of drug-likeness (QED) is 0.843. The molecule has 0 bridgehead atoms. The SMILES string of the molecule is O=C1C[C@]2(CCN(S(=O)(=O)c3cccs3)C2)CN1c1ccccc1. The van der Waals surface area contributed by atoms with Gasteiger partial charge in [0.2, 0.25) is 5.91 Å². The molecule has 1 spiro atoms. The summed E-state index contributed by atoms with van der Waals surface area (Å²) in [5.41, 5.74) is 0.621. The van der Waals surface area contributed by atoms with E-state index in [1.54, 1.807) is 26.7 Å². The Hall–Kier alpha value is -1.70. The highest BCUT2D eigenvalue weighted by Gasteiger charge is 2.50. The molecule has 1 atom stereocenters. The number of rotatable bonds is 3. The third kappa shape index (κ3) is 2.56. The Kier molecular flexibility index (Phi) is 3.74. The van der Waals surface area contributed by atoms with Crippen LogP contribution in [-0.4, -0.2) is 38.3 Å². The van der Waals surface area contributed by atoms with Gasteiger partial charge in [0.1, 0.15) is 4.21 Å². The van der Waals surface area contributed by atoms with Crippen molar-refractivity contribution in [1.82, 2.24) is 4.31 Å². The molecule has 2 saturated heterocycles. The summed E-state index contributed by atoms with van der Waals surface area (Å²) in [6, 6.07) is 13.0. The first-order chi connectivity index (χ1) is 11.5. The Bertz CT molecular complexity index is 849. The number of nitrogens with zero attached hydrogens (tertiary/aromatic N) is 2. The number of benzene rings is 1. The lowest BCUT2D eigenvalue weighted by Crippen LogP contribution is -2.34. The van der Waals surface area contributed by atoms with Crippen molar-refractivity contribution in [3.63, 3.8) is 0 Å². The normalized spacial score (nSPS) is 25.0. The first kappa shape index (κ1) is 15.8. The van der Waals surface area contributed by atoms with E-state index < -0.39 is 10.0 Å². The van der Waals surface area contributed by atoms with Crippen molar-refractivity contribution in [3.05, 3.63) is 47.8 Å². The molecule has 0 saturated carbocycles. The van der Waals surface area contributed by atoms with Crippen LogP contribution in [0.25, 0.3) is 0 Å². The maximum absolute atomic E-state index is 12.7. The van der Waals surface area contributed by atoms with E-state index in [0.29, 0.717) is 30.3 Å². The van der Waals surface area contributed by atoms with Gasteiger partial charge in [0.25, 0.3) is 10.0 Å². The van der Waals surface area contributed by atoms with Gasteiger partial charge in [0, 0.05) is 37.2 Å². The molecule has 3 heterocycles. The maximum atomic E-state index is 12.7. The van der Waals surface area contributed by atoms with Crippen molar-refractivity contribution in [2.45, 2.75) is 17.1 Å². The summed E-state index contributed by atoms with van der Waals surface area (Å²) in [5.74, 6) is 0.0802. The van der Waals surface area contributed by atoms with E-state index >= 15 is 0 Å². The molecule has 1 amide bonds. The molecular formula is C17H18N2O3S2. The fraction of sp³-hybridized carbons (Fsp3) is 0.353. The summed E-state index contributed by atoms with van der Waals surface area (Å²) < 4.78 is 27.3. The van der Waals surface area contributed by atoms with Gasteiger partial charge in [0.05, 0.1) is 0 Å². The highest BCUT2D eigenvalue weighted by atomic mass is 32.2. The third-order valence-corrected chi connectivity index (χ3v) is 8.10. The lowest BCUT2D eigenvalue weighted by Gasteiger charge is -2.24. The van der Waals surface area contributed by atoms with Crippen LogP contribution in [0.5, 0.6) is 0 Å². The molecule has 0 unspecified atom stereocenters. The van der Waals surface area contributed by atoms with Gasteiger partial charge in [0.15, 0.2) is 0 Å². The van der Waals surface area contributed by atoms with E-state index in [9.17, 15) is 13.2 Å². The maximum Gasteiger partial charge on any atom is 0.252 e. The number of amides is 1. The second kappa shape index (κ2) is 5.68. The zero-order chi connectivity index (χ0) is 16.8. The minimum Gasteiger partial charge on any atom is -0.312 e. The molecule has 126 valence electrons. The zero-order valence-electron chi connectivity index (χ0n) is 13.1. The van der Waals surface area contributed by atoms with Crippen molar-refractivity contribution < 1.29 is 13.2 Å². The van der Waals surface area contributed by atoms with E-state index in [1.165, 1.54) is 11.3 Å². The topological polar surface area (TPSA) is 57.7 Å². The third-order valence-electron chi connectivity index (χ3n) is 4.88. The van der Waals surface area contributed by atoms with E-state index in [2.05, 4.69) is 0 Å². The van der Waals surface area contributed by atoms with Crippen molar-refractivity contribution >= 4 is 33.0 Å². The minimum absolute atomic E-state index is 0.0802. The molecule has 7 heteroatoms. The Morgan fingerprint density at radius 3 is 2.54 bits per heavy atom. The number of carbonyl (C=O) groups is 1. The lowest BCUT2D eigenvalue weighted by molar-refractivity contribution is -0.117. The van der Waals surface area contributed by atoms with Crippen LogP contribution < -0.4 is 4.90 Å². The fourth-order valence-electron chi connectivity index (χ4n) is 3.65. The molecule has 2 fully saturated rings. The molecule has 5 nitrogen and oxygen atoms in total. The van der Waals surface area contributed by atoms with Gasteiger partial charge in [-0.25, -0.2) is 8.42 Å². The van der Waals surface area contributed by atoms with Crippen LogP contribution >= 0.6 is 11.3 Å². The number of para-hydroxylation sites is 1. The van der Waals surface area contributed by atoms with Crippen LogP contribution in [0.2, 0.25) is 0 Å². The van der Waals surface area contributed by atoms with Gasteiger partial charge < -0.3 is 4.90 Å². The van der Waals surface area contributed by atoms with Crippen LogP contribution in [0.4, 0.5) is 5.69 Å². The second-order valence-electron chi connectivity index (χ2n) is 6.51. The largest absolute Gasteiger partial charge is 0.312 e. The molecule has 4 rings (SSSR count). The molecule has 2 aromatic rings. The first-order valence-electron chi connectivity index (χ1n) is 7.89. The van der Waals surface area contributed by atoms with Crippen LogP contribution in [0.3, 0.4) is 0 Å². The van der Waals surface area contributed by atoms with Crippen molar-refractivity contribution in [2.75, 3.05) is 24.5 Å².